The lowest BCUT2D eigenvalue weighted by molar-refractivity contribution is -0.147. The van der Waals surface area contributed by atoms with E-state index < -0.39 is 18.5 Å². The Kier molecular flexibility index (Phi) is 9.44. The summed E-state index contributed by atoms with van der Waals surface area (Å²) in [7, 11) is 0. The lowest BCUT2D eigenvalue weighted by Crippen LogP contribution is -2.21. The number of carbonyl (C=O) groups is 3. The van der Waals surface area contributed by atoms with Gasteiger partial charge in [0, 0.05) is 17.8 Å². The van der Waals surface area contributed by atoms with Gasteiger partial charge in [-0.05, 0) is 91.4 Å². The highest BCUT2D eigenvalue weighted by molar-refractivity contribution is 5.94. The van der Waals surface area contributed by atoms with Crippen molar-refractivity contribution in [1.29, 1.82) is 0 Å². The first-order valence-corrected chi connectivity index (χ1v) is 12.3. The second-order valence-corrected chi connectivity index (χ2v) is 9.38. The second kappa shape index (κ2) is 12.7. The van der Waals surface area contributed by atoms with Gasteiger partial charge in [0.25, 0.3) is 5.91 Å². The lowest BCUT2D eigenvalue weighted by atomic mass is 10.0. The molecule has 3 aromatic carbocycles. The van der Waals surface area contributed by atoms with E-state index in [0.29, 0.717) is 23.0 Å². The van der Waals surface area contributed by atoms with Crippen LogP contribution in [0.4, 0.5) is 11.4 Å². The van der Waals surface area contributed by atoms with E-state index in [-0.39, 0.29) is 18.7 Å². The Hall–Kier alpha value is -4.13. The molecule has 3 aromatic rings. The van der Waals surface area contributed by atoms with Gasteiger partial charge in [0.1, 0.15) is 11.5 Å². The van der Waals surface area contributed by atoms with Crippen molar-refractivity contribution < 1.29 is 23.9 Å². The van der Waals surface area contributed by atoms with Crippen molar-refractivity contribution in [2.75, 3.05) is 17.2 Å². The fourth-order valence-corrected chi connectivity index (χ4v) is 3.61. The summed E-state index contributed by atoms with van der Waals surface area (Å²) in [6.07, 6.45) is -0.188. The van der Waals surface area contributed by atoms with Crippen molar-refractivity contribution in [1.82, 2.24) is 0 Å². The van der Waals surface area contributed by atoms with E-state index in [2.05, 4.69) is 36.6 Å². The van der Waals surface area contributed by atoms with Crippen LogP contribution in [0.15, 0.2) is 60.7 Å². The first-order chi connectivity index (χ1) is 17.6. The molecule has 0 unspecified atom stereocenters. The molecule has 0 radical (unpaired) electrons. The molecule has 0 aromatic heterocycles. The molecule has 2 N–H and O–H groups in total. The fourth-order valence-electron chi connectivity index (χ4n) is 3.61. The molecule has 0 aliphatic heterocycles. The molecule has 37 heavy (non-hydrogen) atoms. The Morgan fingerprint density at radius 3 is 2.11 bits per heavy atom. The van der Waals surface area contributed by atoms with E-state index in [1.807, 2.05) is 39.0 Å². The highest BCUT2D eigenvalue weighted by atomic mass is 16.5. The standard InChI is InChI=1S/C30H34N2O5/c1-19(2)26-13-6-20(3)16-27(26)37-25-11-9-23(10-12-25)31-28(33)14-15-30(35)36-18-29(34)32-24-8-7-21(4)22(5)17-24/h6-13,16-17,19H,14-15,18H2,1-5H3,(H,31,33)(H,32,34). The van der Waals surface area contributed by atoms with Gasteiger partial charge >= 0.3 is 5.97 Å². The summed E-state index contributed by atoms with van der Waals surface area (Å²) in [6, 6.07) is 18.7. The summed E-state index contributed by atoms with van der Waals surface area (Å²) >= 11 is 0. The number of esters is 1. The number of aryl methyl sites for hydroxylation is 3. The second-order valence-electron chi connectivity index (χ2n) is 9.38. The molecule has 3 rings (SSSR count). The maximum absolute atomic E-state index is 12.3. The van der Waals surface area contributed by atoms with Crippen molar-refractivity contribution in [3.8, 4) is 11.5 Å². The lowest BCUT2D eigenvalue weighted by Gasteiger charge is -2.15. The molecule has 0 spiro atoms. The van der Waals surface area contributed by atoms with Crippen LogP contribution in [-0.4, -0.2) is 24.4 Å². The molecule has 0 saturated carbocycles. The molecule has 0 fully saturated rings. The third-order valence-electron chi connectivity index (χ3n) is 5.87. The number of hydrogen-bond donors (Lipinski definition) is 2. The summed E-state index contributed by atoms with van der Waals surface area (Å²) in [4.78, 5) is 36.3. The fraction of sp³-hybridized carbons (Fsp3) is 0.300. The first-order valence-electron chi connectivity index (χ1n) is 12.3. The van der Waals surface area contributed by atoms with Crippen LogP contribution in [0.2, 0.25) is 0 Å². The number of benzene rings is 3. The molecule has 0 aliphatic rings. The van der Waals surface area contributed by atoms with Crippen LogP contribution in [0.5, 0.6) is 11.5 Å². The number of ether oxygens (including phenoxy) is 2. The van der Waals surface area contributed by atoms with Crippen LogP contribution in [0, 0.1) is 20.8 Å². The SMILES string of the molecule is Cc1ccc(C(C)C)c(Oc2ccc(NC(=O)CCC(=O)OCC(=O)Nc3ccc(C)c(C)c3)cc2)c1. The zero-order valence-corrected chi connectivity index (χ0v) is 22.0. The summed E-state index contributed by atoms with van der Waals surface area (Å²) in [5, 5.41) is 5.44. The summed E-state index contributed by atoms with van der Waals surface area (Å²) in [5.74, 6) is 0.419. The predicted molar refractivity (Wildman–Crippen MR) is 145 cm³/mol. The molecule has 0 bridgehead atoms. The molecule has 0 heterocycles. The van der Waals surface area contributed by atoms with Crippen molar-refractivity contribution in [2.24, 2.45) is 0 Å². The van der Waals surface area contributed by atoms with Gasteiger partial charge in [-0.3, -0.25) is 14.4 Å². The topological polar surface area (TPSA) is 93.7 Å². The Labute approximate surface area is 218 Å². The summed E-state index contributed by atoms with van der Waals surface area (Å²) in [6.45, 7) is 9.78. The molecule has 7 heteroatoms. The number of anilines is 2. The Balaban J connectivity index is 1.42. The van der Waals surface area contributed by atoms with Crippen LogP contribution in [0.3, 0.4) is 0 Å². The van der Waals surface area contributed by atoms with E-state index in [0.717, 1.165) is 28.0 Å². The molecule has 0 saturated heterocycles. The van der Waals surface area contributed by atoms with Gasteiger partial charge in [-0.15, -0.1) is 0 Å². The Bertz CT molecular complexity index is 1270. The van der Waals surface area contributed by atoms with E-state index in [4.69, 9.17) is 9.47 Å². The molecular weight excluding hydrogens is 468 g/mol. The van der Waals surface area contributed by atoms with Gasteiger partial charge in [-0.25, -0.2) is 0 Å². The van der Waals surface area contributed by atoms with Crippen LogP contribution < -0.4 is 15.4 Å². The normalized spacial score (nSPS) is 10.6. The Morgan fingerprint density at radius 2 is 1.43 bits per heavy atom. The third kappa shape index (κ3) is 8.49. The van der Waals surface area contributed by atoms with Crippen molar-refractivity contribution >= 4 is 29.2 Å². The number of amides is 2. The molecule has 0 aliphatic carbocycles. The zero-order chi connectivity index (χ0) is 26.9. The van der Waals surface area contributed by atoms with Crippen molar-refractivity contribution in [3.63, 3.8) is 0 Å². The minimum absolute atomic E-state index is 0.0586. The van der Waals surface area contributed by atoms with Gasteiger partial charge in [0.15, 0.2) is 6.61 Å². The Morgan fingerprint density at radius 1 is 0.757 bits per heavy atom. The highest BCUT2D eigenvalue weighted by Gasteiger charge is 2.12. The van der Waals surface area contributed by atoms with Crippen LogP contribution >= 0.6 is 0 Å². The number of rotatable bonds is 10. The van der Waals surface area contributed by atoms with Gasteiger partial charge in [0.2, 0.25) is 5.91 Å². The van der Waals surface area contributed by atoms with E-state index >= 15 is 0 Å². The average molecular weight is 503 g/mol. The van der Waals surface area contributed by atoms with Crippen molar-refractivity contribution in [2.45, 2.75) is 53.4 Å². The minimum atomic E-state index is -0.617. The van der Waals surface area contributed by atoms with Gasteiger partial charge < -0.3 is 20.1 Å². The molecule has 194 valence electrons. The number of carbonyl (C=O) groups excluding carboxylic acids is 3. The largest absolute Gasteiger partial charge is 0.457 e. The van der Waals surface area contributed by atoms with Crippen LogP contribution in [-0.2, 0) is 19.1 Å². The predicted octanol–water partition coefficient (Wildman–Crippen LogP) is 6.43. The molecule has 0 atom stereocenters. The number of nitrogens with one attached hydrogen (secondary N) is 2. The summed E-state index contributed by atoms with van der Waals surface area (Å²) in [5.41, 5.74) is 5.64. The highest BCUT2D eigenvalue weighted by Crippen LogP contribution is 2.32. The molecule has 2 amide bonds. The average Bonchev–Trinajstić information content (AvgIpc) is 2.85. The minimum Gasteiger partial charge on any atom is -0.457 e. The van der Waals surface area contributed by atoms with Crippen LogP contribution in [0.1, 0.15) is 54.9 Å². The first kappa shape index (κ1) is 27.5. The third-order valence-corrected chi connectivity index (χ3v) is 5.87. The number of hydrogen-bond acceptors (Lipinski definition) is 5. The molecular formula is C30H34N2O5. The van der Waals surface area contributed by atoms with E-state index in [9.17, 15) is 14.4 Å². The maximum atomic E-state index is 12.3. The van der Waals surface area contributed by atoms with Crippen molar-refractivity contribution in [3.05, 3.63) is 82.9 Å². The van der Waals surface area contributed by atoms with Gasteiger partial charge in [0.05, 0.1) is 6.42 Å². The summed E-state index contributed by atoms with van der Waals surface area (Å²) < 4.78 is 11.1. The van der Waals surface area contributed by atoms with E-state index in [1.165, 1.54) is 0 Å². The quantitative estimate of drug-likeness (QED) is 0.312. The van der Waals surface area contributed by atoms with E-state index in [1.54, 1.807) is 30.3 Å². The van der Waals surface area contributed by atoms with Crippen LogP contribution in [0.25, 0.3) is 0 Å². The smallest absolute Gasteiger partial charge is 0.306 e. The van der Waals surface area contributed by atoms with Gasteiger partial charge in [-0.1, -0.05) is 32.0 Å². The molecule has 7 nitrogen and oxygen atoms in total. The monoisotopic (exact) mass is 502 g/mol. The van der Waals surface area contributed by atoms with Gasteiger partial charge in [-0.2, -0.15) is 0 Å². The zero-order valence-electron chi connectivity index (χ0n) is 22.0. The maximum Gasteiger partial charge on any atom is 0.306 e.